The van der Waals surface area contributed by atoms with Gasteiger partial charge in [0.1, 0.15) is 0 Å². The van der Waals surface area contributed by atoms with Crippen LogP contribution in [0.2, 0.25) is 0 Å². The Kier molecular flexibility index (Phi) is 4.84. The summed E-state index contributed by atoms with van der Waals surface area (Å²) in [5, 5.41) is 0. The van der Waals surface area contributed by atoms with Crippen LogP contribution in [-0.4, -0.2) is 19.1 Å². The second kappa shape index (κ2) is 6.19. The summed E-state index contributed by atoms with van der Waals surface area (Å²) in [6.45, 7) is 2.90. The topological polar surface area (TPSA) is 52.3 Å². The molecule has 2 N–H and O–H groups in total. The first-order valence-corrected chi connectivity index (χ1v) is 5.24. The van der Waals surface area contributed by atoms with Gasteiger partial charge in [0.15, 0.2) is 0 Å². The first-order chi connectivity index (χ1) is 7.27. The fourth-order valence-electron chi connectivity index (χ4n) is 1.33. The summed E-state index contributed by atoms with van der Waals surface area (Å²) in [6, 6.07) is 7.48. The van der Waals surface area contributed by atoms with E-state index >= 15 is 0 Å². The molecule has 0 bridgehead atoms. The molecule has 0 saturated heterocycles. The van der Waals surface area contributed by atoms with Crippen molar-refractivity contribution in [2.24, 2.45) is 5.73 Å². The quantitative estimate of drug-likeness (QED) is 0.748. The van der Waals surface area contributed by atoms with Crippen molar-refractivity contribution in [3.05, 3.63) is 35.4 Å². The van der Waals surface area contributed by atoms with Gasteiger partial charge in [-0.05, 0) is 44.0 Å². The first kappa shape index (κ1) is 11.7. The molecule has 0 aliphatic heterocycles. The summed E-state index contributed by atoms with van der Waals surface area (Å²) in [5.41, 5.74) is 7.23. The summed E-state index contributed by atoms with van der Waals surface area (Å²) in [4.78, 5) is 11.3. The highest BCUT2D eigenvalue weighted by Gasteiger charge is 2.04. The molecule has 3 nitrogen and oxygen atoms in total. The van der Waals surface area contributed by atoms with Crippen LogP contribution in [0.3, 0.4) is 0 Å². The molecule has 3 heteroatoms. The lowest BCUT2D eigenvalue weighted by atomic mass is 10.1. The van der Waals surface area contributed by atoms with Crippen molar-refractivity contribution < 1.29 is 9.53 Å². The normalized spacial score (nSPS) is 10.0. The van der Waals surface area contributed by atoms with Gasteiger partial charge in [0.2, 0.25) is 0 Å². The molecule has 0 aliphatic rings. The van der Waals surface area contributed by atoms with Gasteiger partial charge in [0.05, 0.1) is 12.2 Å². The number of nitrogens with two attached hydrogens (primary N) is 1. The molecule has 0 aliphatic carbocycles. The number of benzene rings is 1. The minimum atomic E-state index is -0.261. The van der Waals surface area contributed by atoms with Crippen LogP contribution in [0.15, 0.2) is 24.3 Å². The largest absolute Gasteiger partial charge is 0.462 e. The van der Waals surface area contributed by atoms with E-state index in [0.717, 1.165) is 12.8 Å². The molecular formula is C12H17NO2. The maximum Gasteiger partial charge on any atom is 0.338 e. The van der Waals surface area contributed by atoms with Gasteiger partial charge < -0.3 is 10.5 Å². The van der Waals surface area contributed by atoms with Gasteiger partial charge in [-0.25, -0.2) is 4.79 Å². The fourth-order valence-corrected chi connectivity index (χ4v) is 1.33. The van der Waals surface area contributed by atoms with Crippen LogP contribution < -0.4 is 5.73 Å². The Balaban J connectivity index is 2.59. The fraction of sp³-hybridized carbons (Fsp3) is 0.417. The van der Waals surface area contributed by atoms with E-state index in [1.807, 2.05) is 12.1 Å². The van der Waals surface area contributed by atoms with Crippen molar-refractivity contribution in [1.29, 1.82) is 0 Å². The molecule has 82 valence electrons. The van der Waals surface area contributed by atoms with Gasteiger partial charge >= 0.3 is 5.97 Å². The van der Waals surface area contributed by atoms with E-state index in [1.54, 1.807) is 19.1 Å². The standard InChI is InChI=1S/C12H17NO2/c1-2-15-12(14)11-7-5-10(6-8-11)4-3-9-13/h5-8H,2-4,9,13H2,1H3. The zero-order chi connectivity index (χ0) is 11.1. The summed E-state index contributed by atoms with van der Waals surface area (Å²) in [7, 11) is 0. The van der Waals surface area contributed by atoms with Crippen LogP contribution >= 0.6 is 0 Å². The highest BCUT2D eigenvalue weighted by atomic mass is 16.5. The lowest BCUT2D eigenvalue weighted by molar-refractivity contribution is 0.0526. The molecule has 15 heavy (non-hydrogen) atoms. The average Bonchev–Trinajstić information content (AvgIpc) is 2.27. The molecule has 0 spiro atoms. The SMILES string of the molecule is CCOC(=O)c1ccc(CCCN)cc1. The van der Waals surface area contributed by atoms with Gasteiger partial charge in [0.25, 0.3) is 0 Å². The second-order valence-electron chi connectivity index (χ2n) is 3.31. The molecule has 1 aromatic carbocycles. The number of ether oxygens (including phenoxy) is 1. The lowest BCUT2D eigenvalue weighted by Gasteiger charge is -2.03. The monoisotopic (exact) mass is 207 g/mol. The van der Waals surface area contributed by atoms with Crippen LogP contribution in [-0.2, 0) is 11.2 Å². The van der Waals surface area contributed by atoms with Crippen molar-refractivity contribution in [3.8, 4) is 0 Å². The van der Waals surface area contributed by atoms with Crippen LogP contribution in [0.25, 0.3) is 0 Å². The van der Waals surface area contributed by atoms with E-state index in [9.17, 15) is 4.79 Å². The third kappa shape index (κ3) is 3.72. The molecule has 0 heterocycles. The summed E-state index contributed by atoms with van der Waals surface area (Å²) < 4.78 is 4.89. The molecular weight excluding hydrogens is 190 g/mol. The first-order valence-electron chi connectivity index (χ1n) is 5.24. The van der Waals surface area contributed by atoms with Gasteiger partial charge in [-0.1, -0.05) is 12.1 Å². The van der Waals surface area contributed by atoms with Crippen molar-refractivity contribution in [2.75, 3.05) is 13.2 Å². The number of esters is 1. The van der Waals surface area contributed by atoms with E-state index in [0.29, 0.717) is 18.7 Å². The van der Waals surface area contributed by atoms with E-state index in [4.69, 9.17) is 10.5 Å². The maximum absolute atomic E-state index is 11.3. The minimum absolute atomic E-state index is 0.261. The Hall–Kier alpha value is -1.35. The smallest absolute Gasteiger partial charge is 0.338 e. The van der Waals surface area contributed by atoms with E-state index < -0.39 is 0 Å². The molecule has 0 unspecified atom stereocenters. The number of hydrogen-bond acceptors (Lipinski definition) is 3. The Morgan fingerprint density at radius 1 is 1.33 bits per heavy atom. The van der Waals surface area contributed by atoms with Gasteiger partial charge in [-0.3, -0.25) is 0 Å². The summed E-state index contributed by atoms with van der Waals surface area (Å²) in [5.74, 6) is -0.261. The highest BCUT2D eigenvalue weighted by Crippen LogP contribution is 2.07. The summed E-state index contributed by atoms with van der Waals surface area (Å²) in [6.07, 6.45) is 1.93. The second-order valence-corrected chi connectivity index (χ2v) is 3.31. The number of rotatable bonds is 5. The molecule has 0 fully saturated rings. The van der Waals surface area contributed by atoms with Crippen LogP contribution in [0.4, 0.5) is 0 Å². The van der Waals surface area contributed by atoms with Crippen molar-refractivity contribution in [2.45, 2.75) is 19.8 Å². The molecule has 0 atom stereocenters. The number of aryl methyl sites for hydroxylation is 1. The van der Waals surface area contributed by atoms with E-state index in [1.165, 1.54) is 5.56 Å². The third-order valence-electron chi connectivity index (χ3n) is 2.13. The van der Waals surface area contributed by atoms with Crippen molar-refractivity contribution >= 4 is 5.97 Å². The van der Waals surface area contributed by atoms with E-state index in [-0.39, 0.29) is 5.97 Å². The molecule has 0 radical (unpaired) electrons. The lowest BCUT2D eigenvalue weighted by Crippen LogP contribution is -2.05. The molecule has 0 aromatic heterocycles. The molecule has 0 saturated carbocycles. The van der Waals surface area contributed by atoms with Crippen LogP contribution in [0.1, 0.15) is 29.3 Å². The predicted molar refractivity (Wildman–Crippen MR) is 59.8 cm³/mol. The van der Waals surface area contributed by atoms with Gasteiger partial charge in [0, 0.05) is 0 Å². The van der Waals surface area contributed by atoms with Gasteiger partial charge in [-0.15, -0.1) is 0 Å². The number of carbonyl (C=O) groups excluding carboxylic acids is 1. The minimum Gasteiger partial charge on any atom is -0.462 e. The Bertz CT molecular complexity index is 306. The molecule has 1 aromatic rings. The Labute approximate surface area is 90.2 Å². The van der Waals surface area contributed by atoms with Crippen molar-refractivity contribution in [3.63, 3.8) is 0 Å². The molecule has 0 amide bonds. The highest BCUT2D eigenvalue weighted by molar-refractivity contribution is 5.89. The maximum atomic E-state index is 11.3. The van der Waals surface area contributed by atoms with Crippen LogP contribution in [0, 0.1) is 0 Å². The Morgan fingerprint density at radius 3 is 2.53 bits per heavy atom. The zero-order valence-electron chi connectivity index (χ0n) is 9.03. The number of carbonyl (C=O) groups is 1. The third-order valence-corrected chi connectivity index (χ3v) is 2.13. The van der Waals surface area contributed by atoms with Crippen LogP contribution in [0.5, 0.6) is 0 Å². The zero-order valence-corrected chi connectivity index (χ0v) is 9.03. The predicted octanol–water partition coefficient (Wildman–Crippen LogP) is 1.75. The van der Waals surface area contributed by atoms with E-state index in [2.05, 4.69) is 0 Å². The van der Waals surface area contributed by atoms with Gasteiger partial charge in [-0.2, -0.15) is 0 Å². The van der Waals surface area contributed by atoms with Crippen molar-refractivity contribution in [1.82, 2.24) is 0 Å². The number of hydrogen-bond donors (Lipinski definition) is 1. The average molecular weight is 207 g/mol. The summed E-state index contributed by atoms with van der Waals surface area (Å²) >= 11 is 0. The Morgan fingerprint density at radius 2 is 2.00 bits per heavy atom. The molecule has 1 rings (SSSR count).